The van der Waals surface area contributed by atoms with Crippen molar-refractivity contribution in [1.29, 1.82) is 0 Å². The highest BCUT2D eigenvalue weighted by molar-refractivity contribution is 5.92. The largest absolute Gasteiger partial charge is 0.379 e. The van der Waals surface area contributed by atoms with Crippen LogP contribution in [0.3, 0.4) is 0 Å². The third-order valence-corrected chi connectivity index (χ3v) is 3.09. The van der Waals surface area contributed by atoms with Gasteiger partial charge in [0.2, 0.25) is 0 Å². The Morgan fingerprint density at radius 3 is 2.94 bits per heavy atom. The number of aromatic nitrogens is 1. The van der Waals surface area contributed by atoms with E-state index in [2.05, 4.69) is 33.8 Å². The number of benzene rings is 1. The van der Waals surface area contributed by atoms with Crippen LogP contribution in [0.2, 0.25) is 0 Å². The number of pyridine rings is 1. The standard InChI is InChI=1S/C13H15N3.ClH/c1-2-4-12-10(3-1)7-15-9-13(12)16-11-5-6-14-8-11;/h1-4,7,9,11,14,16H,5-6,8H2;1H/t11-;/m0./s1. The van der Waals surface area contributed by atoms with E-state index >= 15 is 0 Å². The predicted octanol–water partition coefficient (Wildman–Crippen LogP) is 2.43. The maximum atomic E-state index is 4.27. The average Bonchev–Trinajstić information content (AvgIpc) is 2.82. The zero-order chi connectivity index (χ0) is 10.8. The van der Waals surface area contributed by atoms with Crippen LogP contribution in [-0.4, -0.2) is 24.1 Å². The van der Waals surface area contributed by atoms with Crippen LogP contribution in [0.1, 0.15) is 6.42 Å². The van der Waals surface area contributed by atoms with E-state index in [1.807, 2.05) is 18.5 Å². The summed E-state index contributed by atoms with van der Waals surface area (Å²) in [6, 6.07) is 8.89. The number of hydrogen-bond acceptors (Lipinski definition) is 3. The number of nitrogens with one attached hydrogen (secondary N) is 2. The molecule has 1 atom stereocenters. The Morgan fingerprint density at radius 1 is 1.24 bits per heavy atom. The minimum Gasteiger partial charge on any atom is -0.379 e. The number of nitrogens with zero attached hydrogens (tertiary/aromatic N) is 1. The van der Waals surface area contributed by atoms with Crippen LogP contribution in [-0.2, 0) is 0 Å². The van der Waals surface area contributed by atoms with Gasteiger partial charge in [0, 0.05) is 29.6 Å². The maximum absolute atomic E-state index is 4.27. The summed E-state index contributed by atoms with van der Waals surface area (Å²) in [5, 5.41) is 9.36. The first kappa shape index (κ1) is 12.1. The van der Waals surface area contributed by atoms with Gasteiger partial charge in [-0.2, -0.15) is 0 Å². The Bertz CT molecular complexity index is 489. The van der Waals surface area contributed by atoms with E-state index < -0.39 is 0 Å². The van der Waals surface area contributed by atoms with Crippen molar-refractivity contribution in [3.63, 3.8) is 0 Å². The van der Waals surface area contributed by atoms with Crippen LogP contribution in [0.15, 0.2) is 36.7 Å². The monoisotopic (exact) mass is 249 g/mol. The Hall–Kier alpha value is -1.32. The van der Waals surface area contributed by atoms with Gasteiger partial charge in [-0.05, 0) is 13.0 Å². The molecule has 4 heteroatoms. The molecule has 17 heavy (non-hydrogen) atoms. The molecule has 0 saturated carbocycles. The second-order valence-corrected chi connectivity index (χ2v) is 4.24. The fourth-order valence-electron chi connectivity index (χ4n) is 2.23. The zero-order valence-corrected chi connectivity index (χ0v) is 10.3. The molecule has 0 radical (unpaired) electrons. The highest BCUT2D eigenvalue weighted by Gasteiger charge is 2.14. The molecule has 0 aliphatic carbocycles. The van der Waals surface area contributed by atoms with Crippen molar-refractivity contribution in [1.82, 2.24) is 10.3 Å². The van der Waals surface area contributed by atoms with Crippen molar-refractivity contribution in [2.24, 2.45) is 0 Å². The molecule has 1 fully saturated rings. The molecule has 1 aromatic carbocycles. The molecule has 0 spiro atoms. The summed E-state index contributed by atoms with van der Waals surface area (Å²) in [6.45, 7) is 2.15. The number of hydrogen-bond donors (Lipinski definition) is 2. The van der Waals surface area contributed by atoms with Crippen LogP contribution in [0, 0.1) is 0 Å². The molecule has 90 valence electrons. The Labute approximate surface area is 107 Å². The summed E-state index contributed by atoms with van der Waals surface area (Å²) in [5.74, 6) is 0. The van der Waals surface area contributed by atoms with Crippen molar-refractivity contribution in [3.8, 4) is 0 Å². The smallest absolute Gasteiger partial charge is 0.0608 e. The van der Waals surface area contributed by atoms with Crippen molar-refractivity contribution in [2.45, 2.75) is 12.5 Å². The second kappa shape index (κ2) is 5.34. The average molecular weight is 250 g/mol. The van der Waals surface area contributed by atoms with E-state index in [0.29, 0.717) is 6.04 Å². The molecular formula is C13H16ClN3. The minimum atomic E-state index is 0. The second-order valence-electron chi connectivity index (χ2n) is 4.24. The van der Waals surface area contributed by atoms with Gasteiger partial charge in [0.15, 0.2) is 0 Å². The topological polar surface area (TPSA) is 37.0 Å². The summed E-state index contributed by atoms with van der Waals surface area (Å²) in [4.78, 5) is 4.27. The lowest BCUT2D eigenvalue weighted by Crippen LogP contribution is -2.22. The lowest BCUT2D eigenvalue weighted by Gasteiger charge is -2.14. The Morgan fingerprint density at radius 2 is 2.12 bits per heavy atom. The molecule has 0 unspecified atom stereocenters. The number of anilines is 1. The lowest BCUT2D eigenvalue weighted by molar-refractivity contribution is 0.794. The number of rotatable bonds is 2. The van der Waals surface area contributed by atoms with Gasteiger partial charge in [-0.25, -0.2) is 0 Å². The van der Waals surface area contributed by atoms with Crippen LogP contribution < -0.4 is 10.6 Å². The van der Waals surface area contributed by atoms with Crippen molar-refractivity contribution in [3.05, 3.63) is 36.7 Å². The molecule has 0 amide bonds. The van der Waals surface area contributed by atoms with Crippen molar-refractivity contribution >= 4 is 28.9 Å². The van der Waals surface area contributed by atoms with Gasteiger partial charge in [-0.3, -0.25) is 4.98 Å². The lowest BCUT2D eigenvalue weighted by atomic mass is 10.1. The quantitative estimate of drug-likeness (QED) is 0.859. The first-order valence-electron chi connectivity index (χ1n) is 5.73. The van der Waals surface area contributed by atoms with Gasteiger partial charge in [0.05, 0.1) is 11.9 Å². The van der Waals surface area contributed by atoms with E-state index in [1.165, 1.54) is 17.2 Å². The first-order valence-corrected chi connectivity index (χ1v) is 5.73. The molecule has 1 aromatic heterocycles. The summed E-state index contributed by atoms with van der Waals surface area (Å²) < 4.78 is 0. The van der Waals surface area contributed by atoms with E-state index in [4.69, 9.17) is 0 Å². The van der Waals surface area contributed by atoms with E-state index in [1.54, 1.807) is 0 Å². The van der Waals surface area contributed by atoms with Gasteiger partial charge in [0.25, 0.3) is 0 Å². The van der Waals surface area contributed by atoms with Gasteiger partial charge in [-0.15, -0.1) is 12.4 Å². The fraction of sp³-hybridized carbons (Fsp3) is 0.308. The van der Waals surface area contributed by atoms with Gasteiger partial charge in [-0.1, -0.05) is 24.3 Å². The molecule has 1 saturated heterocycles. The van der Waals surface area contributed by atoms with Crippen LogP contribution in [0.5, 0.6) is 0 Å². The Balaban J connectivity index is 0.00000108. The number of fused-ring (bicyclic) bond motifs is 1. The summed E-state index contributed by atoms with van der Waals surface area (Å²) in [6.07, 6.45) is 5.01. The van der Waals surface area contributed by atoms with E-state index in [0.717, 1.165) is 18.8 Å². The van der Waals surface area contributed by atoms with Crippen LogP contribution in [0.25, 0.3) is 10.8 Å². The summed E-state index contributed by atoms with van der Waals surface area (Å²) in [7, 11) is 0. The first-order chi connectivity index (χ1) is 7.93. The number of halogens is 1. The van der Waals surface area contributed by atoms with Crippen LogP contribution >= 0.6 is 12.4 Å². The summed E-state index contributed by atoms with van der Waals surface area (Å²) >= 11 is 0. The molecule has 3 rings (SSSR count). The fourth-order valence-corrected chi connectivity index (χ4v) is 2.23. The molecule has 1 aliphatic rings. The van der Waals surface area contributed by atoms with E-state index in [9.17, 15) is 0 Å². The normalized spacial score (nSPS) is 18.9. The molecule has 2 aromatic rings. The zero-order valence-electron chi connectivity index (χ0n) is 9.52. The predicted molar refractivity (Wildman–Crippen MR) is 73.9 cm³/mol. The molecule has 0 bridgehead atoms. The van der Waals surface area contributed by atoms with E-state index in [-0.39, 0.29) is 12.4 Å². The van der Waals surface area contributed by atoms with Crippen LogP contribution in [0.4, 0.5) is 5.69 Å². The molecule has 2 N–H and O–H groups in total. The minimum absolute atomic E-state index is 0. The van der Waals surface area contributed by atoms with Gasteiger partial charge < -0.3 is 10.6 Å². The van der Waals surface area contributed by atoms with Gasteiger partial charge >= 0.3 is 0 Å². The molecular weight excluding hydrogens is 234 g/mol. The maximum Gasteiger partial charge on any atom is 0.0608 e. The molecule has 2 heterocycles. The Kier molecular flexibility index (Phi) is 3.82. The van der Waals surface area contributed by atoms with Crippen molar-refractivity contribution in [2.75, 3.05) is 18.4 Å². The highest BCUT2D eigenvalue weighted by Crippen LogP contribution is 2.22. The third-order valence-electron chi connectivity index (χ3n) is 3.09. The third kappa shape index (κ3) is 2.51. The summed E-state index contributed by atoms with van der Waals surface area (Å²) in [5.41, 5.74) is 1.15. The van der Waals surface area contributed by atoms with Crippen molar-refractivity contribution < 1.29 is 0 Å². The van der Waals surface area contributed by atoms with Gasteiger partial charge in [0.1, 0.15) is 0 Å². The SMILES string of the molecule is Cl.c1ccc2c(N[C@H]3CCNC3)cncc2c1. The molecule has 1 aliphatic heterocycles. The molecule has 3 nitrogen and oxygen atoms in total. The highest BCUT2D eigenvalue weighted by atomic mass is 35.5.